The molecular weight excluding hydrogens is 170 g/mol. The van der Waals surface area contributed by atoms with E-state index in [1.54, 1.807) is 6.20 Å². The number of piperazine rings is 1. The molecule has 6 nitrogen and oxygen atoms in total. The van der Waals surface area contributed by atoms with Crippen LogP contribution in [0, 0.1) is 0 Å². The molecule has 2 N–H and O–H groups in total. The first kappa shape index (κ1) is 8.18. The van der Waals surface area contributed by atoms with E-state index in [9.17, 15) is 4.79 Å². The molecule has 1 saturated heterocycles. The Labute approximate surface area is 75.3 Å². The Morgan fingerprint density at radius 1 is 1.62 bits per heavy atom. The fraction of sp³-hybridized carbons (Fsp3) is 0.571. The maximum Gasteiger partial charge on any atom is 0.234 e. The summed E-state index contributed by atoms with van der Waals surface area (Å²) >= 11 is 0. The van der Waals surface area contributed by atoms with Gasteiger partial charge in [0, 0.05) is 19.6 Å². The van der Waals surface area contributed by atoms with Crippen molar-refractivity contribution in [3.8, 4) is 0 Å². The SMILES string of the molecule is O=C1CN(Cc2cn[nH]n2)CCN1. The van der Waals surface area contributed by atoms with Gasteiger partial charge in [0.2, 0.25) is 5.91 Å². The lowest BCUT2D eigenvalue weighted by Gasteiger charge is -2.25. The summed E-state index contributed by atoms with van der Waals surface area (Å²) in [4.78, 5) is 13.0. The van der Waals surface area contributed by atoms with E-state index in [0.717, 1.165) is 18.8 Å². The van der Waals surface area contributed by atoms with Crippen LogP contribution in [0.1, 0.15) is 5.69 Å². The average molecular weight is 181 g/mol. The molecular formula is C7H11N5O. The molecule has 0 atom stereocenters. The number of hydrogen-bond acceptors (Lipinski definition) is 4. The molecule has 1 aromatic heterocycles. The molecule has 1 aliphatic rings. The number of carbonyl (C=O) groups excluding carboxylic acids is 1. The third kappa shape index (κ3) is 2.03. The maximum atomic E-state index is 11.0. The maximum absolute atomic E-state index is 11.0. The monoisotopic (exact) mass is 181 g/mol. The lowest BCUT2D eigenvalue weighted by atomic mass is 10.3. The first-order valence-electron chi connectivity index (χ1n) is 4.18. The minimum absolute atomic E-state index is 0.0785. The van der Waals surface area contributed by atoms with Crippen LogP contribution in [0.25, 0.3) is 0 Å². The minimum atomic E-state index is 0.0785. The Kier molecular flexibility index (Phi) is 2.22. The molecule has 6 heteroatoms. The van der Waals surface area contributed by atoms with E-state index in [1.807, 2.05) is 4.90 Å². The summed E-state index contributed by atoms with van der Waals surface area (Å²) in [7, 11) is 0. The first-order valence-corrected chi connectivity index (χ1v) is 4.18. The van der Waals surface area contributed by atoms with Crippen LogP contribution >= 0.6 is 0 Å². The van der Waals surface area contributed by atoms with Gasteiger partial charge in [0.15, 0.2) is 0 Å². The standard InChI is InChI=1S/C7H11N5O/c13-7-5-12(2-1-8-7)4-6-3-9-11-10-6/h3H,1-2,4-5H2,(H,8,13)(H,9,10,11). The first-order chi connectivity index (χ1) is 6.34. The van der Waals surface area contributed by atoms with Gasteiger partial charge in [0.05, 0.1) is 18.4 Å². The molecule has 1 fully saturated rings. The minimum Gasteiger partial charge on any atom is -0.354 e. The van der Waals surface area contributed by atoms with Gasteiger partial charge in [-0.05, 0) is 0 Å². The highest BCUT2D eigenvalue weighted by molar-refractivity contribution is 5.78. The predicted octanol–water partition coefficient (Wildman–Crippen LogP) is -1.26. The van der Waals surface area contributed by atoms with Crippen LogP contribution in [0.4, 0.5) is 0 Å². The second-order valence-corrected chi connectivity index (χ2v) is 3.02. The van der Waals surface area contributed by atoms with Gasteiger partial charge < -0.3 is 5.32 Å². The average Bonchev–Trinajstić information content (AvgIpc) is 2.57. The molecule has 1 amide bonds. The molecule has 13 heavy (non-hydrogen) atoms. The van der Waals surface area contributed by atoms with Crippen molar-refractivity contribution in [2.75, 3.05) is 19.6 Å². The molecule has 0 radical (unpaired) electrons. The Bertz CT molecular complexity index is 283. The summed E-state index contributed by atoms with van der Waals surface area (Å²) in [6.45, 7) is 2.73. The Morgan fingerprint density at radius 2 is 2.54 bits per heavy atom. The van der Waals surface area contributed by atoms with Crippen LogP contribution in [-0.2, 0) is 11.3 Å². The van der Waals surface area contributed by atoms with Gasteiger partial charge in [-0.1, -0.05) is 0 Å². The van der Waals surface area contributed by atoms with E-state index in [4.69, 9.17) is 0 Å². The third-order valence-electron chi connectivity index (χ3n) is 1.97. The number of rotatable bonds is 2. The van der Waals surface area contributed by atoms with Crippen LogP contribution in [0.15, 0.2) is 6.20 Å². The zero-order valence-corrected chi connectivity index (χ0v) is 7.16. The largest absolute Gasteiger partial charge is 0.354 e. The number of amides is 1. The smallest absolute Gasteiger partial charge is 0.234 e. The molecule has 1 aromatic rings. The summed E-state index contributed by atoms with van der Waals surface area (Å²) in [5, 5.41) is 12.9. The Hall–Kier alpha value is -1.43. The normalized spacial score (nSPS) is 18.6. The molecule has 0 saturated carbocycles. The highest BCUT2D eigenvalue weighted by Crippen LogP contribution is 2.00. The number of nitrogens with zero attached hydrogens (tertiary/aromatic N) is 3. The molecule has 2 rings (SSSR count). The van der Waals surface area contributed by atoms with Crippen LogP contribution in [0.3, 0.4) is 0 Å². The van der Waals surface area contributed by atoms with Crippen molar-refractivity contribution < 1.29 is 4.79 Å². The molecule has 1 aliphatic heterocycles. The summed E-state index contributed by atoms with van der Waals surface area (Å²) in [5.41, 5.74) is 0.870. The summed E-state index contributed by atoms with van der Waals surface area (Å²) < 4.78 is 0. The van der Waals surface area contributed by atoms with Gasteiger partial charge >= 0.3 is 0 Å². The molecule has 0 bridgehead atoms. The molecule has 0 spiro atoms. The summed E-state index contributed by atoms with van der Waals surface area (Å²) in [5.74, 6) is 0.0785. The van der Waals surface area contributed by atoms with E-state index in [0.29, 0.717) is 13.1 Å². The number of hydrogen-bond donors (Lipinski definition) is 2. The van der Waals surface area contributed by atoms with Crippen molar-refractivity contribution in [3.63, 3.8) is 0 Å². The highest BCUT2D eigenvalue weighted by Gasteiger charge is 2.16. The number of aromatic amines is 1. The molecule has 2 heterocycles. The number of carbonyl (C=O) groups is 1. The van der Waals surface area contributed by atoms with Crippen LogP contribution in [-0.4, -0.2) is 45.9 Å². The lowest BCUT2D eigenvalue weighted by Crippen LogP contribution is -2.47. The van der Waals surface area contributed by atoms with Crippen molar-refractivity contribution in [3.05, 3.63) is 11.9 Å². The van der Waals surface area contributed by atoms with E-state index >= 15 is 0 Å². The second kappa shape index (κ2) is 3.53. The predicted molar refractivity (Wildman–Crippen MR) is 44.7 cm³/mol. The van der Waals surface area contributed by atoms with Crippen molar-refractivity contribution in [2.24, 2.45) is 0 Å². The lowest BCUT2D eigenvalue weighted by molar-refractivity contribution is -0.124. The van der Waals surface area contributed by atoms with Crippen molar-refractivity contribution >= 4 is 5.91 Å². The molecule has 0 aromatic carbocycles. The second-order valence-electron chi connectivity index (χ2n) is 3.02. The quantitative estimate of drug-likeness (QED) is 0.597. The van der Waals surface area contributed by atoms with Gasteiger partial charge in [0.1, 0.15) is 0 Å². The molecule has 70 valence electrons. The summed E-state index contributed by atoms with van der Waals surface area (Å²) in [6, 6.07) is 0. The Morgan fingerprint density at radius 3 is 3.23 bits per heavy atom. The number of H-pyrrole nitrogens is 1. The molecule has 0 aliphatic carbocycles. The van der Waals surface area contributed by atoms with Gasteiger partial charge in [-0.3, -0.25) is 9.69 Å². The zero-order valence-electron chi connectivity index (χ0n) is 7.16. The van der Waals surface area contributed by atoms with Crippen molar-refractivity contribution in [2.45, 2.75) is 6.54 Å². The van der Waals surface area contributed by atoms with Crippen molar-refractivity contribution in [1.29, 1.82) is 0 Å². The highest BCUT2D eigenvalue weighted by atomic mass is 16.2. The fourth-order valence-corrected chi connectivity index (χ4v) is 1.36. The van der Waals surface area contributed by atoms with E-state index in [-0.39, 0.29) is 5.91 Å². The van der Waals surface area contributed by atoms with Crippen LogP contribution < -0.4 is 5.32 Å². The number of nitrogens with one attached hydrogen (secondary N) is 2. The van der Waals surface area contributed by atoms with E-state index in [2.05, 4.69) is 20.7 Å². The fourth-order valence-electron chi connectivity index (χ4n) is 1.36. The van der Waals surface area contributed by atoms with E-state index < -0.39 is 0 Å². The van der Waals surface area contributed by atoms with Crippen molar-refractivity contribution in [1.82, 2.24) is 25.6 Å². The Balaban J connectivity index is 1.91. The zero-order chi connectivity index (χ0) is 9.10. The van der Waals surface area contributed by atoms with E-state index in [1.165, 1.54) is 0 Å². The molecule has 0 unspecified atom stereocenters. The van der Waals surface area contributed by atoms with Gasteiger partial charge in [-0.25, -0.2) is 0 Å². The number of aromatic nitrogens is 3. The van der Waals surface area contributed by atoms with Gasteiger partial charge in [0.25, 0.3) is 0 Å². The van der Waals surface area contributed by atoms with Crippen LogP contribution in [0.2, 0.25) is 0 Å². The van der Waals surface area contributed by atoms with Crippen LogP contribution in [0.5, 0.6) is 0 Å². The third-order valence-corrected chi connectivity index (χ3v) is 1.97. The van der Waals surface area contributed by atoms with Gasteiger partial charge in [-0.2, -0.15) is 15.4 Å². The summed E-state index contributed by atoms with van der Waals surface area (Å²) in [6.07, 6.45) is 1.67. The topological polar surface area (TPSA) is 73.9 Å². The van der Waals surface area contributed by atoms with Gasteiger partial charge in [-0.15, -0.1) is 0 Å².